The SMILES string of the molecule is C=C1CCC(C(=O)C(C)C)O1. The highest BCUT2D eigenvalue weighted by Gasteiger charge is 2.27. The number of ketones is 1. The number of Topliss-reactive ketones (excluding diaryl/α,β-unsaturated/α-hetero) is 1. The van der Waals surface area contributed by atoms with E-state index in [2.05, 4.69) is 6.58 Å². The number of allylic oxidation sites excluding steroid dienone is 1. The number of carbonyl (C=O) groups is 1. The lowest BCUT2D eigenvalue weighted by Crippen LogP contribution is -2.23. The second-order valence-electron chi connectivity index (χ2n) is 3.24. The highest BCUT2D eigenvalue weighted by atomic mass is 16.5. The van der Waals surface area contributed by atoms with Crippen LogP contribution >= 0.6 is 0 Å². The molecule has 0 N–H and O–H groups in total. The normalized spacial score (nSPS) is 23.9. The summed E-state index contributed by atoms with van der Waals surface area (Å²) in [6.07, 6.45) is 1.45. The van der Waals surface area contributed by atoms with Crippen molar-refractivity contribution in [3.63, 3.8) is 0 Å². The van der Waals surface area contributed by atoms with Crippen molar-refractivity contribution in [2.45, 2.75) is 32.8 Å². The summed E-state index contributed by atoms with van der Waals surface area (Å²) in [6, 6.07) is 0. The molecule has 1 rings (SSSR count). The van der Waals surface area contributed by atoms with Gasteiger partial charge < -0.3 is 4.74 Å². The first kappa shape index (κ1) is 8.31. The summed E-state index contributed by atoms with van der Waals surface area (Å²) in [5.74, 6) is 1.03. The Kier molecular flexibility index (Phi) is 2.32. The molecule has 1 saturated heterocycles. The summed E-state index contributed by atoms with van der Waals surface area (Å²) in [5, 5.41) is 0. The van der Waals surface area contributed by atoms with Gasteiger partial charge in [-0.2, -0.15) is 0 Å². The van der Waals surface area contributed by atoms with Gasteiger partial charge in [-0.05, 0) is 6.42 Å². The van der Waals surface area contributed by atoms with Crippen LogP contribution in [0.2, 0.25) is 0 Å². The third-order valence-corrected chi connectivity index (χ3v) is 1.88. The fourth-order valence-electron chi connectivity index (χ4n) is 1.18. The highest BCUT2D eigenvalue weighted by molar-refractivity contribution is 5.85. The minimum atomic E-state index is -0.206. The maximum atomic E-state index is 11.3. The Morgan fingerprint density at radius 1 is 1.73 bits per heavy atom. The van der Waals surface area contributed by atoms with E-state index >= 15 is 0 Å². The van der Waals surface area contributed by atoms with E-state index < -0.39 is 0 Å². The van der Waals surface area contributed by atoms with Crippen LogP contribution in [-0.2, 0) is 9.53 Å². The summed E-state index contributed by atoms with van der Waals surface area (Å²) in [6.45, 7) is 7.46. The highest BCUT2D eigenvalue weighted by Crippen LogP contribution is 2.23. The fourth-order valence-corrected chi connectivity index (χ4v) is 1.18. The van der Waals surface area contributed by atoms with Gasteiger partial charge in [-0.1, -0.05) is 20.4 Å². The van der Waals surface area contributed by atoms with E-state index in [9.17, 15) is 4.79 Å². The second-order valence-corrected chi connectivity index (χ2v) is 3.24. The largest absolute Gasteiger partial charge is 0.488 e. The van der Waals surface area contributed by atoms with Gasteiger partial charge in [0.1, 0.15) is 0 Å². The van der Waals surface area contributed by atoms with E-state index in [0.29, 0.717) is 0 Å². The third-order valence-electron chi connectivity index (χ3n) is 1.88. The lowest BCUT2D eigenvalue weighted by atomic mass is 10.0. The van der Waals surface area contributed by atoms with Crippen molar-refractivity contribution >= 4 is 5.78 Å². The standard InChI is InChI=1S/C9H14O2/c1-6(2)9(10)8-5-4-7(3)11-8/h6,8H,3-5H2,1-2H3. The average Bonchev–Trinajstić information content (AvgIpc) is 2.34. The molecule has 0 spiro atoms. The van der Waals surface area contributed by atoms with Crippen molar-refractivity contribution in [1.29, 1.82) is 0 Å². The molecule has 62 valence electrons. The van der Waals surface area contributed by atoms with Crippen LogP contribution < -0.4 is 0 Å². The van der Waals surface area contributed by atoms with Gasteiger partial charge in [0.15, 0.2) is 11.9 Å². The Bertz CT molecular complexity index is 182. The number of hydrogen-bond acceptors (Lipinski definition) is 2. The van der Waals surface area contributed by atoms with E-state index in [4.69, 9.17) is 4.74 Å². The number of carbonyl (C=O) groups excluding carboxylic acids is 1. The fraction of sp³-hybridized carbons (Fsp3) is 0.667. The molecule has 0 amide bonds. The van der Waals surface area contributed by atoms with Crippen molar-refractivity contribution in [2.75, 3.05) is 0 Å². The molecule has 0 aromatic carbocycles. The quantitative estimate of drug-likeness (QED) is 0.607. The van der Waals surface area contributed by atoms with Gasteiger partial charge in [0.25, 0.3) is 0 Å². The van der Waals surface area contributed by atoms with Gasteiger partial charge in [-0.15, -0.1) is 0 Å². The minimum absolute atomic E-state index is 0.0749. The van der Waals surface area contributed by atoms with Gasteiger partial charge >= 0.3 is 0 Å². The number of rotatable bonds is 2. The summed E-state index contributed by atoms with van der Waals surface area (Å²) in [4.78, 5) is 11.3. The van der Waals surface area contributed by atoms with E-state index in [1.807, 2.05) is 13.8 Å². The Balaban J connectivity index is 2.50. The van der Waals surface area contributed by atoms with Crippen LogP contribution in [0.4, 0.5) is 0 Å². The Labute approximate surface area is 67.2 Å². The lowest BCUT2D eigenvalue weighted by Gasteiger charge is -2.10. The molecule has 1 heterocycles. The first-order chi connectivity index (χ1) is 5.11. The average molecular weight is 154 g/mol. The van der Waals surface area contributed by atoms with Gasteiger partial charge in [-0.3, -0.25) is 4.79 Å². The van der Waals surface area contributed by atoms with Crippen LogP contribution in [0.1, 0.15) is 26.7 Å². The van der Waals surface area contributed by atoms with Crippen molar-refractivity contribution < 1.29 is 9.53 Å². The predicted octanol–water partition coefficient (Wildman–Crippen LogP) is 1.90. The van der Waals surface area contributed by atoms with Gasteiger partial charge in [0.05, 0.1) is 5.76 Å². The molecule has 11 heavy (non-hydrogen) atoms. The molecular weight excluding hydrogens is 140 g/mol. The van der Waals surface area contributed by atoms with Crippen LogP contribution in [-0.4, -0.2) is 11.9 Å². The zero-order valence-electron chi connectivity index (χ0n) is 7.09. The monoisotopic (exact) mass is 154 g/mol. The molecule has 0 aromatic heterocycles. The van der Waals surface area contributed by atoms with Gasteiger partial charge in [-0.25, -0.2) is 0 Å². The van der Waals surface area contributed by atoms with E-state index in [0.717, 1.165) is 18.6 Å². The molecule has 1 aliphatic rings. The topological polar surface area (TPSA) is 26.3 Å². The van der Waals surface area contributed by atoms with E-state index in [1.54, 1.807) is 0 Å². The second kappa shape index (κ2) is 3.07. The first-order valence-electron chi connectivity index (χ1n) is 3.99. The summed E-state index contributed by atoms with van der Waals surface area (Å²) < 4.78 is 5.24. The molecule has 1 atom stereocenters. The zero-order valence-corrected chi connectivity index (χ0v) is 7.09. The molecule has 1 fully saturated rings. The van der Waals surface area contributed by atoms with Crippen LogP contribution in [0.25, 0.3) is 0 Å². The number of ether oxygens (including phenoxy) is 1. The van der Waals surface area contributed by atoms with Crippen molar-refractivity contribution in [2.24, 2.45) is 5.92 Å². The molecule has 0 saturated carbocycles. The molecule has 1 unspecified atom stereocenters. The molecule has 0 radical (unpaired) electrons. The molecule has 0 aromatic rings. The minimum Gasteiger partial charge on any atom is -0.488 e. The van der Waals surface area contributed by atoms with Gasteiger partial charge in [0.2, 0.25) is 0 Å². The smallest absolute Gasteiger partial charge is 0.175 e. The maximum absolute atomic E-state index is 11.3. The third kappa shape index (κ3) is 1.82. The predicted molar refractivity (Wildman–Crippen MR) is 43.1 cm³/mol. The number of hydrogen-bond donors (Lipinski definition) is 0. The zero-order chi connectivity index (χ0) is 8.43. The van der Waals surface area contributed by atoms with E-state index in [-0.39, 0.29) is 17.8 Å². The van der Waals surface area contributed by atoms with Crippen LogP contribution in [0.5, 0.6) is 0 Å². The molecular formula is C9H14O2. The summed E-state index contributed by atoms with van der Waals surface area (Å²) in [7, 11) is 0. The Morgan fingerprint density at radius 3 is 2.73 bits per heavy atom. The molecule has 0 bridgehead atoms. The molecule has 0 aliphatic carbocycles. The van der Waals surface area contributed by atoms with Crippen LogP contribution in [0.15, 0.2) is 12.3 Å². The van der Waals surface area contributed by atoms with Crippen LogP contribution in [0.3, 0.4) is 0 Å². The summed E-state index contributed by atoms with van der Waals surface area (Å²) >= 11 is 0. The molecule has 1 aliphatic heterocycles. The van der Waals surface area contributed by atoms with E-state index in [1.165, 1.54) is 0 Å². The Morgan fingerprint density at radius 2 is 2.36 bits per heavy atom. The van der Waals surface area contributed by atoms with Gasteiger partial charge in [0, 0.05) is 12.3 Å². The Hall–Kier alpha value is -0.790. The van der Waals surface area contributed by atoms with Crippen molar-refractivity contribution in [3.8, 4) is 0 Å². The van der Waals surface area contributed by atoms with Crippen molar-refractivity contribution in [1.82, 2.24) is 0 Å². The first-order valence-corrected chi connectivity index (χ1v) is 3.99. The maximum Gasteiger partial charge on any atom is 0.175 e. The molecule has 2 nitrogen and oxygen atoms in total. The lowest BCUT2D eigenvalue weighted by molar-refractivity contribution is -0.129. The van der Waals surface area contributed by atoms with Crippen LogP contribution in [0, 0.1) is 5.92 Å². The summed E-state index contributed by atoms with van der Waals surface area (Å²) in [5.41, 5.74) is 0. The van der Waals surface area contributed by atoms with Crippen molar-refractivity contribution in [3.05, 3.63) is 12.3 Å². The molecule has 2 heteroatoms.